The van der Waals surface area contributed by atoms with Gasteiger partial charge in [0.25, 0.3) is 5.91 Å². The first-order valence-corrected chi connectivity index (χ1v) is 9.32. The summed E-state index contributed by atoms with van der Waals surface area (Å²) < 4.78 is 5.44. The third kappa shape index (κ3) is 4.88. The normalized spacial score (nSPS) is 10.8. The van der Waals surface area contributed by atoms with Crippen LogP contribution in [0.2, 0.25) is 10.0 Å². The van der Waals surface area contributed by atoms with E-state index in [1.165, 1.54) is 6.21 Å². The number of pyridine rings is 1. The van der Waals surface area contributed by atoms with Gasteiger partial charge < -0.3 is 4.74 Å². The van der Waals surface area contributed by atoms with E-state index in [4.69, 9.17) is 27.9 Å². The second-order valence-electron chi connectivity index (χ2n) is 5.70. The first-order chi connectivity index (χ1) is 13.6. The molecule has 3 aromatic rings. The van der Waals surface area contributed by atoms with Crippen LogP contribution in [0, 0.1) is 0 Å². The number of halogens is 2. The Kier molecular flexibility index (Phi) is 6.63. The summed E-state index contributed by atoms with van der Waals surface area (Å²) in [5.74, 6) is 0.347. The summed E-state index contributed by atoms with van der Waals surface area (Å²) in [6.45, 7) is 2.53. The summed E-state index contributed by atoms with van der Waals surface area (Å²) >= 11 is 12.1. The van der Waals surface area contributed by atoms with Gasteiger partial charge in [-0.05, 0) is 55.5 Å². The van der Waals surface area contributed by atoms with Crippen LogP contribution < -0.4 is 10.2 Å². The van der Waals surface area contributed by atoms with Gasteiger partial charge in [-0.25, -0.2) is 10.4 Å². The van der Waals surface area contributed by atoms with Crippen molar-refractivity contribution in [2.75, 3.05) is 6.61 Å². The fourth-order valence-corrected chi connectivity index (χ4v) is 2.95. The van der Waals surface area contributed by atoms with E-state index in [0.29, 0.717) is 27.9 Å². The average molecular weight is 414 g/mol. The van der Waals surface area contributed by atoms with Gasteiger partial charge in [0.05, 0.1) is 28.6 Å². The molecule has 0 unspecified atom stereocenters. The zero-order valence-electron chi connectivity index (χ0n) is 15.0. The number of hydrogen-bond acceptors (Lipinski definition) is 4. The second kappa shape index (κ2) is 9.35. The summed E-state index contributed by atoms with van der Waals surface area (Å²) in [4.78, 5) is 16.8. The largest absolute Gasteiger partial charge is 0.494 e. The predicted octanol–water partition coefficient (Wildman–Crippen LogP) is 5.22. The molecule has 0 aliphatic rings. The van der Waals surface area contributed by atoms with E-state index in [0.717, 1.165) is 11.3 Å². The van der Waals surface area contributed by atoms with Crippen molar-refractivity contribution >= 4 is 35.3 Å². The lowest BCUT2D eigenvalue weighted by atomic mass is 10.1. The number of rotatable bonds is 6. The highest BCUT2D eigenvalue weighted by molar-refractivity contribution is 6.38. The molecule has 0 aliphatic heterocycles. The maximum atomic E-state index is 12.4. The Hall–Kier alpha value is -2.89. The molecule has 0 fully saturated rings. The molecule has 28 heavy (non-hydrogen) atoms. The van der Waals surface area contributed by atoms with E-state index in [1.54, 1.807) is 30.3 Å². The third-order valence-electron chi connectivity index (χ3n) is 3.80. The van der Waals surface area contributed by atoms with Crippen LogP contribution >= 0.6 is 23.2 Å². The van der Waals surface area contributed by atoms with Crippen LogP contribution in [0.25, 0.3) is 11.3 Å². The van der Waals surface area contributed by atoms with E-state index in [9.17, 15) is 4.79 Å². The van der Waals surface area contributed by atoms with Gasteiger partial charge in [-0.15, -0.1) is 0 Å². The molecule has 0 spiro atoms. The van der Waals surface area contributed by atoms with Gasteiger partial charge >= 0.3 is 0 Å². The highest BCUT2D eigenvalue weighted by Crippen LogP contribution is 2.22. The molecule has 3 rings (SSSR count). The van der Waals surface area contributed by atoms with Gasteiger partial charge in [0.1, 0.15) is 11.4 Å². The number of amides is 1. The zero-order chi connectivity index (χ0) is 19.9. The fraction of sp³-hybridized carbons (Fsp3) is 0.0952. The Morgan fingerprint density at radius 3 is 2.43 bits per heavy atom. The maximum Gasteiger partial charge on any atom is 0.289 e. The van der Waals surface area contributed by atoms with Crippen LogP contribution in [0.5, 0.6) is 5.75 Å². The Bertz CT molecular complexity index is 985. The van der Waals surface area contributed by atoms with Gasteiger partial charge in [-0.2, -0.15) is 5.10 Å². The van der Waals surface area contributed by atoms with Gasteiger partial charge in [0.15, 0.2) is 0 Å². The van der Waals surface area contributed by atoms with E-state index < -0.39 is 5.91 Å². The maximum absolute atomic E-state index is 12.4. The van der Waals surface area contributed by atoms with Crippen LogP contribution in [0.4, 0.5) is 0 Å². The molecule has 1 N–H and O–H groups in total. The number of nitrogens with one attached hydrogen (secondary N) is 1. The lowest BCUT2D eigenvalue weighted by molar-refractivity contribution is 0.0950. The second-order valence-corrected chi connectivity index (χ2v) is 6.51. The molecule has 0 atom stereocenters. The van der Waals surface area contributed by atoms with E-state index >= 15 is 0 Å². The molecule has 7 heteroatoms. The first kappa shape index (κ1) is 19.9. The van der Waals surface area contributed by atoms with Crippen LogP contribution in [0.3, 0.4) is 0 Å². The molecular formula is C21H17Cl2N3O2. The van der Waals surface area contributed by atoms with Crippen molar-refractivity contribution in [3.05, 3.63) is 82.0 Å². The molecule has 1 heterocycles. The lowest BCUT2D eigenvalue weighted by Gasteiger charge is -2.06. The minimum absolute atomic E-state index is 0.244. The van der Waals surface area contributed by atoms with E-state index in [1.807, 2.05) is 37.3 Å². The van der Waals surface area contributed by atoms with Crippen LogP contribution in [0.15, 0.2) is 65.8 Å². The molecule has 0 aliphatic carbocycles. The van der Waals surface area contributed by atoms with Crippen molar-refractivity contribution in [1.82, 2.24) is 10.4 Å². The van der Waals surface area contributed by atoms with Crippen molar-refractivity contribution in [2.45, 2.75) is 6.92 Å². The Labute approximate surface area is 173 Å². The standard InChI is InChI=1S/C21H17Cl2N3O2/c1-2-28-15-11-9-14(10-12-15)19-7-4-8-20(25-19)21(27)26-24-13-16-17(22)5-3-6-18(16)23/h3-13H,2H2,1H3,(H,26,27). The number of benzene rings is 2. The van der Waals surface area contributed by atoms with Gasteiger partial charge in [0, 0.05) is 11.1 Å². The number of aromatic nitrogens is 1. The number of hydrazone groups is 1. The van der Waals surface area contributed by atoms with Crippen molar-refractivity contribution in [1.29, 1.82) is 0 Å². The van der Waals surface area contributed by atoms with E-state index in [2.05, 4.69) is 15.5 Å². The van der Waals surface area contributed by atoms with Crippen LogP contribution in [-0.2, 0) is 0 Å². The molecule has 2 aromatic carbocycles. The Balaban J connectivity index is 1.72. The Morgan fingerprint density at radius 1 is 1.07 bits per heavy atom. The van der Waals surface area contributed by atoms with Gasteiger partial charge in [-0.3, -0.25) is 4.79 Å². The quantitative estimate of drug-likeness (QED) is 0.445. The van der Waals surface area contributed by atoms with Crippen molar-refractivity contribution in [2.24, 2.45) is 5.10 Å². The molecule has 0 saturated heterocycles. The summed E-state index contributed by atoms with van der Waals surface area (Å²) in [6, 6.07) is 17.9. The Morgan fingerprint density at radius 2 is 1.75 bits per heavy atom. The average Bonchev–Trinajstić information content (AvgIpc) is 2.71. The highest BCUT2D eigenvalue weighted by Gasteiger charge is 2.09. The monoisotopic (exact) mass is 413 g/mol. The first-order valence-electron chi connectivity index (χ1n) is 8.56. The summed E-state index contributed by atoms with van der Waals surface area (Å²) in [6.07, 6.45) is 1.40. The number of carbonyl (C=O) groups is 1. The molecule has 0 radical (unpaired) electrons. The summed E-state index contributed by atoms with van der Waals surface area (Å²) in [5.41, 5.74) is 4.77. The van der Waals surface area contributed by atoms with Gasteiger partial charge in [0.2, 0.25) is 0 Å². The van der Waals surface area contributed by atoms with Crippen LogP contribution in [0.1, 0.15) is 23.0 Å². The predicted molar refractivity (Wildman–Crippen MR) is 112 cm³/mol. The number of hydrogen-bond donors (Lipinski definition) is 1. The fourth-order valence-electron chi connectivity index (χ4n) is 2.46. The van der Waals surface area contributed by atoms with E-state index in [-0.39, 0.29) is 5.69 Å². The SMILES string of the molecule is CCOc1ccc(-c2cccc(C(=O)NN=Cc3c(Cl)cccc3Cl)n2)cc1. The highest BCUT2D eigenvalue weighted by atomic mass is 35.5. The zero-order valence-corrected chi connectivity index (χ0v) is 16.5. The van der Waals surface area contributed by atoms with Gasteiger partial charge in [-0.1, -0.05) is 35.3 Å². The van der Waals surface area contributed by atoms with Crippen molar-refractivity contribution in [3.8, 4) is 17.0 Å². The molecule has 0 saturated carbocycles. The van der Waals surface area contributed by atoms with Crippen molar-refractivity contribution < 1.29 is 9.53 Å². The van der Waals surface area contributed by atoms with Crippen molar-refractivity contribution in [3.63, 3.8) is 0 Å². The third-order valence-corrected chi connectivity index (χ3v) is 4.46. The summed E-state index contributed by atoms with van der Waals surface area (Å²) in [7, 11) is 0. The lowest BCUT2D eigenvalue weighted by Crippen LogP contribution is -2.19. The number of ether oxygens (including phenoxy) is 1. The smallest absolute Gasteiger partial charge is 0.289 e. The minimum Gasteiger partial charge on any atom is -0.494 e. The number of nitrogens with zero attached hydrogens (tertiary/aromatic N) is 2. The molecule has 1 amide bonds. The molecule has 1 aromatic heterocycles. The summed E-state index contributed by atoms with van der Waals surface area (Å²) in [5, 5.41) is 4.82. The molecule has 142 valence electrons. The molecular weight excluding hydrogens is 397 g/mol. The minimum atomic E-state index is -0.438. The topological polar surface area (TPSA) is 63.6 Å². The molecule has 5 nitrogen and oxygen atoms in total. The van der Waals surface area contributed by atoms with Crippen LogP contribution in [-0.4, -0.2) is 23.7 Å². The molecule has 0 bridgehead atoms. The number of carbonyl (C=O) groups excluding carboxylic acids is 1.